The number of hydrogen-bond donors (Lipinski definition) is 1. The largest absolute Gasteiger partial charge is 0.334 e. The summed E-state index contributed by atoms with van der Waals surface area (Å²) in [6.45, 7) is 0.367. The topological polar surface area (TPSA) is 66.5 Å². The van der Waals surface area contributed by atoms with Crippen LogP contribution in [0.2, 0.25) is 0 Å². The van der Waals surface area contributed by atoms with Crippen LogP contribution in [-0.2, 0) is 35.0 Å². The van der Waals surface area contributed by atoms with Crippen LogP contribution in [0, 0.1) is 0 Å². The van der Waals surface area contributed by atoms with Crippen molar-refractivity contribution in [1.82, 2.24) is 10.2 Å². The molecule has 0 atom stereocenters. The molecule has 5 nitrogen and oxygen atoms in total. The van der Waals surface area contributed by atoms with E-state index in [9.17, 15) is 13.2 Å². The molecule has 2 amide bonds. The van der Waals surface area contributed by atoms with Crippen LogP contribution < -0.4 is 5.32 Å². The minimum Gasteiger partial charge on any atom is -0.334 e. The van der Waals surface area contributed by atoms with Crippen molar-refractivity contribution in [2.75, 3.05) is 13.3 Å². The molecule has 0 saturated heterocycles. The Balaban J connectivity index is 1.67. The van der Waals surface area contributed by atoms with Gasteiger partial charge in [-0.1, -0.05) is 80.4 Å². The zero-order chi connectivity index (χ0) is 24.7. The molecule has 0 aliphatic rings. The van der Waals surface area contributed by atoms with Gasteiger partial charge >= 0.3 is 6.03 Å². The number of urea groups is 1. The summed E-state index contributed by atoms with van der Waals surface area (Å²) in [6, 6.07) is 23.4. The normalized spacial score (nSPS) is 11.4. The Hall–Kier alpha value is -2.16. The molecule has 0 unspecified atom stereocenters. The number of hydrogen-bond acceptors (Lipinski definition) is 3. The lowest BCUT2D eigenvalue weighted by Gasteiger charge is -2.29. The van der Waals surface area contributed by atoms with Crippen LogP contribution in [0.15, 0.2) is 81.7 Å². The van der Waals surface area contributed by atoms with Crippen molar-refractivity contribution in [3.05, 3.63) is 104 Å². The summed E-state index contributed by atoms with van der Waals surface area (Å²) in [4.78, 5) is 14.8. The van der Waals surface area contributed by atoms with Crippen LogP contribution in [0.4, 0.5) is 4.79 Å². The van der Waals surface area contributed by atoms with Crippen LogP contribution in [0.5, 0.6) is 0 Å². The lowest BCUT2D eigenvalue weighted by molar-refractivity contribution is 0.188. The maximum atomic E-state index is 13.0. The van der Waals surface area contributed by atoms with Crippen molar-refractivity contribution >= 4 is 47.7 Å². The lowest BCUT2D eigenvalue weighted by atomic mass is 9.98. The van der Waals surface area contributed by atoms with E-state index in [0.29, 0.717) is 6.54 Å². The first-order valence-electron chi connectivity index (χ1n) is 10.8. The highest BCUT2D eigenvalue weighted by molar-refractivity contribution is 9.10. The third-order valence-electron chi connectivity index (χ3n) is 5.53. The van der Waals surface area contributed by atoms with Gasteiger partial charge in [0.2, 0.25) is 0 Å². The summed E-state index contributed by atoms with van der Waals surface area (Å²) in [5.74, 6) is 0.0101. The van der Waals surface area contributed by atoms with Gasteiger partial charge in [-0.3, -0.25) is 0 Å². The number of nitrogens with one attached hydrogen (secondary N) is 1. The smallest absolute Gasteiger partial charge is 0.317 e. The highest BCUT2D eigenvalue weighted by atomic mass is 79.9. The average Bonchev–Trinajstić information content (AvgIpc) is 2.79. The summed E-state index contributed by atoms with van der Waals surface area (Å²) in [6.07, 6.45) is 2.68. The quantitative estimate of drug-likeness (QED) is 0.337. The SMILES string of the molecule is CN(C(=O)NCc1ccc(CS(C)(=O)=O)cc1)C(Cc1ccc(Br)cc1)Cc1ccc(Br)cc1. The van der Waals surface area contributed by atoms with E-state index in [0.717, 1.165) is 44.0 Å². The zero-order valence-corrected chi connectivity index (χ0v) is 23.2. The van der Waals surface area contributed by atoms with E-state index >= 15 is 0 Å². The molecule has 3 aromatic rings. The fraction of sp³-hybridized carbons (Fsp3) is 0.269. The first-order chi connectivity index (χ1) is 16.1. The molecule has 1 N–H and O–H groups in total. The molecule has 0 aliphatic heterocycles. The molecule has 0 bridgehead atoms. The lowest BCUT2D eigenvalue weighted by Crippen LogP contribution is -2.45. The van der Waals surface area contributed by atoms with E-state index < -0.39 is 9.84 Å². The van der Waals surface area contributed by atoms with Crippen molar-refractivity contribution < 1.29 is 13.2 Å². The standard InChI is InChI=1S/C26H28Br2N2O3S/c1-30(26(31)29-17-21-3-5-22(6-4-21)18-34(2,32)33)25(15-19-7-11-23(27)12-8-19)16-20-9-13-24(28)14-10-20/h3-14,25H,15-18H2,1-2H3,(H,29,31). The number of nitrogens with zero attached hydrogens (tertiary/aromatic N) is 1. The number of rotatable bonds is 9. The fourth-order valence-corrected chi connectivity index (χ4v) is 4.98. The molecule has 180 valence electrons. The van der Waals surface area contributed by atoms with Crippen molar-refractivity contribution in [3.63, 3.8) is 0 Å². The van der Waals surface area contributed by atoms with Gasteiger partial charge in [-0.2, -0.15) is 0 Å². The van der Waals surface area contributed by atoms with Gasteiger partial charge < -0.3 is 10.2 Å². The van der Waals surface area contributed by atoms with E-state index in [1.807, 2.05) is 43.4 Å². The van der Waals surface area contributed by atoms with Gasteiger partial charge in [0.15, 0.2) is 9.84 Å². The predicted octanol–water partition coefficient (Wildman–Crippen LogP) is 5.75. The fourth-order valence-electron chi connectivity index (χ4n) is 3.66. The summed E-state index contributed by atoms with van der Waals surface area (Å²) >= 11 is 6.95. The molecule has 0 aliphatic carbocycles. The molecule has 34 heavy (non-hydrogen) atoms. The van der Waals surface area contributed by atoms with Gasteiger partial charge in [0, 0.05) is 34.8 Å². The molecule has 0 fully saturated rings. The molecule has 8 heteroatoms. The summed E-state index contributed by atoms with van der Waals surface area (Å²) in [5, 5.41) is 2.99. The molecule has 0 radical (unpaired) electrons. The van der Waals surface area contributed by atoms with E-state index in [1.165, 1.54) is 6.26 Å². The Labute approximate surface area is 218 Å². The Bertz CT molecular complexity index is 1150. The Kier molecular flexibility index (Phi) is 9.33. The van der Waals surface area contributed by atoms with Crippen molar-refractivity contribution in [2.45, 2.75) is 31.2 Å². The second kappa shape index (κ2) is 12.0. The van der Waals surface area contributed by atoms with E-state index in [2.05, 4.69) is 61.4 Å². The minimum atomic E-state index is -3.07. The third-order valence-corrected chi connectivity index (χ3v) is 7.45. The number of benzene rings is 3. The molecule has 0 spiro atoms. The highest BCUT2D eigenvalue weighted by Crippen LogP contribution is 2.18. The predicted molar refractivity (Wildman–Crippen MR) is 144 cm³/mol. The maximum absolute atomic E-state index is 13.0. The van der Waals surface area contributed by atoms with Crippen molar-refractivity contribution in [3.8, 4) is 0 Å². The van der Waals surface area contributed by atoms with Crippen molar-refractivity contribution in [1.29, 1.82) is 0 Å². The second-order valence-electron chi connectivity index (χ2n) is 8.47. The van der Waals surface area contributed by atoms with Crippen LogP contribution in [0.25, 0.3) is 0 Å². The average molecular weight is 608 g/mol. The third kappa shape index (κ3) is 8.56. The number of sulfone groups is 1. The minimum absolute atomic E-state index is 0.0101. The van der Waals surface area contributed by atoms with Gasteiger partial charge in [0.1, 0.15) is 0 Å². The van der Waals surface area contributed by atoms with Crippen molar-refractivity contribution in [2.24, 2.45) is 0 Å². The first-order valence-corrected chi connectivity index (χ1v) is 14.5. The number of carbonyl (C=O) groups is 1. The molecular formula is C26H28Br2N2O3S. The number of amides is 2. The number of halogens is 2. The first kappa shape index (κ1) is 26.4. The summed E-state index contributed by atoms with van der Waals surface area (Å²) in [5.41, 5.74) is 3.97. The van der Waals surface area contributed by atoms with E-state index in [1.54, 1.807) is 17.0 Å². The van der Waals surface area contributed by atoms with Crippen LogP contribution in [-0.4, -0.2) is 38.7 Å². The Morgan fingerprint density at radius 1 is 0.794 bits per heavy atom. The van der Waals surface area contributed by atoms with E-state index in [-0.39, 0.29) is 17.8 Å². The van der Waals surface area contributed by atoms with Gasteiger partial charge in [-0.25, -0.2) is 13.2 Å². The number of likely N-dealkylation sites (N-methyl/N-ethyl adjacent to an activating group) is 1. The second-order valence-corrected chi connectivity index (χ2v) is 12.4. The van der Waals surface area contributed by atoms with Gasteiger partial charge in [-0.05, 0) is 59.4 Å². The van der Waals surface area contributed by atoms with Crippen LogP contribution >= 0.6 is 31.9 Å². The van der Waals surface area contributed by atoms with Gasteiger partial charge in [-0.15, -0.1) is 0 Å². The van der Waals surface area contributed by atoms with Gasteiger partial charge in [0.25, 0.3) is 0 Å². The Morgan fingerprint density at radius 3 is 1.65 bits per heavy atom. The summed E-state index contributed by atoms with van der Waals surface area (Å²) in [7, 11) is -1.25. The molecule has 0 heterocycles. The maximum Gasteiger partial charge on any atom is 0.317 e. The monoisotopic (exact) mass is 606 g/mol. The molecule has 0 aromatic heterocycles. The molecule has 3 rings (SSSR count). The molecular weight excluding hydrogens is 580 g/mol. The number of carbonyl (C=O) groups excluding carboxylic acids is 1. The Morgan fingerprint density at radius 2 is 1.21 bits per heavy atom. The van der Waals surface area contributed by atoms with Crippen LogP contribution in [0.3, 0.4) is 0 Å². The zero-order valence-electron chi connectivity index (χ0n) is 19.2. The summed E-state index contributed by atoms with van der Waals surface area (Å²) < 4.78 is 25.0. The molecule has 3 aromatic carbocycles. The highest BCUT2D eigenvalue weighted by Gasteiger charge is 2.21. The van der Waals surface area contributed by atoms with E-state index in [4.69, 9.17) is 0 Å². The van der Waals surface area contributed by atoms with Gasteiger partial charge in [0.05, 0.1) is 5.75 Å². The van der Waals surface area contributed by atoms with Crippen LogP contribution in [0.1, 0.15) is 22.3 Å². The molecule has 0 saturated carbocycles.